The van der Waals surface area contributed by atoms with Crippen molar-refractivity contribution in [2.75, 3.05) is 0 Å². The Bertz CT molecular complexity index is 945. The van der Waals surface area contributed by atoms with E-state index in [1.54, 1.807) is 12.1 Å². The topological polar surface area (TPSA) is 57.5 Å². The minimum Gasteiger partial charge on any atom is -0.508 e. The first-order valence-corrected chi connectivity index (χ1v) is 7.91. The van der Waals surface area contributed by atoms with E-state index in [1.807, 2.05) is 0 Å². The summed E-state index contributed by atoms with van der Waals surface area (Å²) < 4.78 is 38.7. The molecule has 0 bridgehead atoms. The highest BCUT2D eigenvalue weighted by atomic mass is 32.1. The molecule has 128 valence electrons. The summed E-state index contributed by atoms with van der Waals surface area (Å²) in [6.45, 7) is 0. The van der Waals surface area contributed by atoms with Gasteiger partial charge in [-0.1, -0.05) is 12.1 Å². The van der Waals surface area contributed by atoms with Gasteiger partial charge in [0.15, 0.2) is 0 Å². The highest BCUT2D eigenvalue weighted by molar-refractivity contribution is 7.17. The molecule has 1 aromatic heterocycles. The highest BCUT2D eigenvalue weighted by Crippen LogP contribution is 2.39. The lowest BCUT2D eigenvalue weighted by atomic mass is 10.1. The number of phenols is 2. The number of benzene rings is 2. The molecule has 0 unspecified atom stereocenters. The molecular weight excluding hydrogens is 353 g/mol. The summed E-state index contributed by atoms with van der Waals surface area (Å²) in [7, 11) is 0. The van der Waals surface area contributed by atoms with E-state index < -0.39 is 17.5 Å². The van der Waals surface area contributed by atoms with Crippen molar-refractivity contribution in [2.24, 2.45) is 0 Å². The van der Waals surface area contributed by atoms with Crippen molar-refractivity contribution in [1.29, 1.82) is 0 Å². The van der Waals surface area contributed by atoms with Gasteiger partial charge in [0.2, 0.25) is 5.78 Å². The Morgan fingerprint density at radius 3 is 2.40 bits per heavy atom. The number of carbonyl (C=O) groups is 1. The van der Waals surface area contributed by atoms with Gasteiger partial charge in [0.05, 0.1) is 10.4 Å². The third-order valence-electron chi connectivity index (χ3n) is 3.52. The summed E-state index contributed by atoms with van der Waals surface area (Å²) in [6.07, 6.45) is -4.67. The number of aromatic hydroxyl groups is 2. The third kappa shape index (κ3) is 3.51. The van der Waals surface area contributed by atoms with Crippen molar-refractivity contribution in [3.63, 3.8) is 0 Å². The molecule has 0 saturated carbocycles. The summed E-state index contributed by atoms with van der Waals surface area (Å²) in [5.41, 5.74) is -0.584. The van der Waals surface area contributed by atoms with Gasteiger partial charge >= 0.3 is 6.18 Å². The van der Waals surface area contributed by atoms with E-state index >= 15 is 0 Å². The molecule has 0 atom stereocenters. The Morgan fingerprint density at radius 2 is 1.72 bits per heavy atom. The number of hydrogen-bond donors (Lipinski definition) is 2. The van der Waals surface area contributed by atoms with E-state index in [-0.39, 0.29) is 22.7 Å². The number of hydrogen-bond acceptors (Lipinski definition) is 4. The van der Waals surface area contributed by atoms with Crippen LogP contribution < -0.4 is 0 Å². The van der Waals surface area contributed by atoms with Crippen LogP contribution in [0.2, 0.25) is 0 Å². The molecule has 2 aromatic carbocycles. The van der Waals surface area contributed by atoms with Crippen molar-refractivity contribution in [3.05, 3.63) is 70.6 Å². The lowest BCUT2D eigenvalue weighted by Crippen LogP contribution is -2.05. The maximum absolute atomic E-state index is 12.9. The highest BCUT2D eigenvalue weighted by Gasteiger charge is 2.34. The standard InChI is InChI=1S/C18H11F3O3S/c19-18(20,21)13-9-10(4-5-14(13)23)15-6-7-16(25-15)17(24)11-2-1-3-12(22)8-11/h1-9,22-23H. The van der Waals surface area contributed by atoms with Gasteiger partial charge in [-0.3, -0.25) is 4.79 Å². The molecule has 7 heteroatoms. The molecule has 3 nitrogen and oxygen atoms in total. The Balaban J connectivity index is 1.96. The maximum atomic E-state index is 12.9. The Hall–Kier alpha value is -2.80. The first kappa shape index (κ1) is 17.0. The summed E-state index contributed by atoms with van der Waals surface area (Å²) >= 11 is 1.04. The number of thiophene rings is 1. The van der Waals surface area contributed by atoms with Crippen LogP contribution in [-0.4, -0.2) is 16.0 Å². The quantitative estimate of drug-likeness (QED) is 0.638. The van der Waals surface area contributed by atoms with Crippen LogP contribution in [0.5, 0.6) is 11.5 Å². The lowest BCUT2D eigenvalue weighted by Gasteiger charge is -2.10. The molecule has 3 aromatic rings. The van der Waals surface area contributed by atoms with Crippen molar-refractivity contribution in [3.8, 4) is 21.9 Å². The monoisotopic (exact) mass is 364 g/mol. The maximum Gasteiger partial charge on any atom is 0.419 e. The van der Waals surface area contributed by atoms with Gasteiger partial charge in [0, 0.05) is 10.4 Å². The van der Waals surface area contributed by atoms with E-state index in [9.17, 15) is 28.2 Å². The van der Waals surface area contributed by atoms with Crippen molar-refractivity contribution < 1.29 is 28.2 Å². The van der Waals surface area contributed by atoms with Crippen molar-refractivity contribution in [2.45, 2.75) is 6.18 Å². The van der Waals surface area contributed by atoms with Crippen LogP contribution in [-0.2, 0) is 6.18 Å². The first-order chi connectivity index (χ1) is 11.8. The zero-order chi connectivity index (χ0) is 18.2. The Kier molecular flexibility index (Phi) is 4.26. The number of halogens is 3. The van der Waals surface area contributed by atoms with Crippen LogP contribution in [0.3, 0.4) is 0 Å². The van der Waals surface area contributed by atoms with Gasteiger partial charge in [-0.25, -0.2) is 0 Å². The second-order valence-corrected chi connectivity index (χ2v) is 6.36. The van der Waals surface area contributed by atoms with E-state index in [0.29, 0.717) is 9.75 Å². The van der Waals surface area contributed by atoms with E-state index in [2.05, 4.69) is 0 Å². The average Bonchev–Trinajstić information content (AvgIpc) is 3.03. The molecule has 0 aliphatic heterocycles. The second-order valence-electron chi connectivity index (χ2n) is 5.27. The normalized spacial score (nSPS) is 11.5. The molecule has 2 N–H and O–H groups in total. The molecule has 0 radical (unpaired) electrons. The third-order valence-corrected chi connectivity index (χ3v) is 4.66. The summed E-state index contributed by atoms with van der Waals surface area (Å²) in [5, 5.41) is 18.8. The largest absolute Gasteiger partial charge is 0.508 e. The number of phenolic OH excluding ortho intramolecular Hbond substituents is 2. The summed E-state index contributed by atoms with van der Waals surface area (Å²) in [5.74, 6) is -1.22. The van der Waals surface area contributed by atoms with Crippen LogP contribution in [0.25, 0.3) is 10.4 Å². The van der Waals surface area contributed by atoms with Crippen LogP contribution in [0, 0.1) is 0 Å². The molecule has 0 aliphatic carbocycles. The fourth-order valence-corrected chi connectivity index (χ4v) is 3.29. The molecule has 1 heterocycles. The summed E-state index contributed by atoms with van der Waals surface area (Å²) in [6, 6.07) is 12.1. The molecule has 0 spiro atoms. The smallest absolute Gasteiger partial charge is 0.419 e. The Labute approximate surface area is 144 Å². The van der Waals surface area contributed by atoms with Crippen molar-refractivity contribution >= 4 is 17.1 Å². The van der Waals surface area contributed by atoms with Crippen molar-refractivity contribution in [1.82, 2.24) is 0 Å². The second kappa shape index (κ2) is 6.25. The number of carbonyl (C=O) groups excluding carboxylic acids is 1. The molecule has 3 rings (SSSR count). The van der Waals surface area contributed by atoms with Gasteiger partial charge in [0.25, 0.3) is 0 Å². The van der Waals surface area contributed by atoms with E-state index in [1.165, 1.54) is 30.3 Å². The zero-order valence-electron chi connectivity index (χ0n) is 12.5. The number of alkyl halides is 3. The minimum atomic E-state index is -4.67. The van der Waals surface area contributed by atoms with Crippen LogP contribution in [0.15, 0.2) is 54.6 Å². The van der Waals surface area contributed by atoms with Gasteiger partial charge in [-0.05, 0) is 48.0 Å². The van der Waals surface area contributed by atoms with E-state index in [4.69, 9.17) is 0 Å². The summed E-state index contributed by atoms with van der Waals surface area (Å²) in [4.78, 5) is 13.2. The molecule has 0 aliphatic rings. The Morgan fingerprint density at radius 1 is 0.960 bits per heavy atom. The van der Waals surface area contributed by atoms with E-state index in [0.717, 1.165) is 23.5 Å². The fourth-order valence-electron chi connectivity index (χ4n) is 2.32. The zero-order valence-corrected chi connectivity index (χ0v) is 13.4. The lowest BCUT2D eigenvalue weighted by molar-refractivity contribution is -0.138. The first-order valence-electron chi connectivity index (χ1n) is 7.10. The van der Waals surface area contributed by atoms with Gasteiger partial charge in [-0.2, -0.15) is 13.2 Å². The van der Waals surface area contributed by atoms with Gasteiger partial charge < -0.3 is 10.2 Å². The van der Waals surface area contributed by atoms with Crippen LogP contribution in [0.1, 0.15) is 20.8 Å². The SMILES string of the molecule is O=C(c1cccc(O)c1)c1ccc(-c2ccc(O)c(C(F)(F)F)c2)s1. The number of ketones is 1. The fraction of sp³-hybridized carbons (Fsp3) is 0.0556. The van der Waals surface area contributed by atoms with Gasteiger partial charge in [-0.15, -0.1) is 11.3 Å². The predicted octanol–water partition coefficient (Wildman–Crippen LogP) is 5.08. The predicted molar refractivity (Wildman–Crippen MR) is 88.0 cm³/mol. The average molecular weight is 364 g/mol. The molecule has 0 saturated heterocycles. The molecule has 0 fully saturated rings. The molecular formula is C18H11F3O3S. The van der Waals surface area contributed by atoms with Crippen LogP contribution in [0.4, 0.5) is 13.2 Å². The minimum absolute atomic E-state index is 0.0454. The number of rotatable bonds is 3. The molecule has 25 heavy (non-hydrogen) atoms. The van der Waals surface area contributed by atoms with Gasteiger partial charge in [0.1, 0.15) is 11.5 Å². The molecule has 0 amide bonds. The van der Waals surface area contributed by atoms with Crippen LogP contribution >= 0.6 is 11.3 Å².